The van der Waals surface area contributed by atoms with Crippen molar-refractivity contribution in [2.45, 2.75) is 4.90 Å². The first-order chi connectivity index (χ1) is 9.02. The Balaban J connectivity index is 2.43. The highest BCUT2D eigenvalue weighted by atomic mass is 32.1. The molecule has 0 aromatic heterocycles. The fraction of sp³-hybridized carbons (Fsp3) is 0. The maximum atomic E-state index is 12.5. The molecular formula is C14H10BNO2S. The Morgan fingerprint density at radius 1 is 1.00 bits per heavy atom. The molecule has 0 spiro atoms. The fourth-order valence-electron chi connectivity index (χ4n) is 2.49. The van der Waals surface area contributed by atoms with Crippen molar-refractivity contribution < 1.29 is 9.59 Å². The van der Waals surface area contributed by atoms with Crippen molar-refractivity contribution in [3.63, 3.8) is 0 Å². The SMILES string of the molecule is Bc1cc(S)c(N)c2c1C(=O)c1ccccc1C2=O. The molecule has 0 fully saturated rings. The summed E-state index contributed by atoms with van der Waals surface area (Å²) in [6, 6.07) is 8.53. The Morgan fingerprint density at radius 3 is 2.11 bits per heavy atom. The molecule has 0 bridgehead atoms. The van der Waals surface area contributed by atoms with Gasteiger partial charge in [-0.2, -0.15) is 0 Å². The van der Waals surface area contributed by atoms with E-state index in [-0.39, 0.29) is 22.8 Å². The van der Waals surface area contributed by atoms with Crippen LogP contribution in [0.15, 0.2) is 35.2 Å². The molecule has 3 nitrogen and oxygen atoms in total. The van der Waals surface area contributed by atoms with Crippen molar-refractivity contribution in [2.24, 2.45) is 0 Å². The summed E-state index contributed by atoms with van der Waals surface area (Å²) in [4.78, 5) is 25.5. The molecule has 0 atom stereocenters. The van der Waals surface area contributed by atoms with Gasteiger partial charge in [0.15, 0.2) is 11.6 Å². The van der Waals surface area contributed by atoms with Crippen LogP contribution in [-0.4, -0.2) is 19.4 Å². The first kappa shape index (κ1) is 12.1. The van der Waals surface area contributed by atoms with E-state index in [9.17, 15) is 9.59 Å². The number of rotatable bonds is 0. The van der Waals surface area contributed by atoms with Gasteiger partial charge in [0.2, 0.25) is 0 Å². The van der Waals surface area contributed by atoms with Gasteiger partial charge in [-0.15, -0.1) is 12.6 Å². The van der Waals surface area contributed by atoms with Crippen LogP contribution in [0.4, 0.5) is 5.69 Å². The van der Waals surface area contributed by atoms with Crippen molar-refractivity contribution in [1.29, 1.82) is 0 Å². The summed E-state index contributed by atoms with van der Waals surface area (Å²) >= 11 is 4.25. The Morgan fingerprint density at radius 2 is 1.53 bits per heavy atom. The zero-order valence-electron chi connectivity index (χ0n) is 10.2. The van der Waals surface area contributed by atoms with Crippen LogP contribution in [0.25, 0.3) is 0 Å². The number of thiol groups is 1. The normalized spacial score (nSPS) is 13.1. The summed E-state index contributed by atoms with van der Waals surface area (Å²) in [5, 5.41) is 0. The molecule has 0 aliphatic heterocycles. The second-order valence-corrected chi connectivity index (χ2v) is 5.06. The number of nitrogens with two attached hydrogens (primary N) is 1. The average Bonchev–Trinajstić information content (AvgIpc) is 2.40. The number of nitrogen functional groups attached to an aromatic ring is 1. The molecule has 0 unspecified atom stereocenters. The molecule has 2 N–H and O–H groups in total. The third-order valence-electron chi connectivity index (χ3n) is 3.41. The number of fused-ring (bicyclic) bond motifs is 2. The van der Waals surface area contributed by atoms with E-state index in [1.807, 2.05) is 0 Å². The molecule has 5 heteroatoms. The molecular weight excluding hydrogens is 257 g/mol. The Bertz CT molecular complexity index is 755. The molecule has 2 aromatic carbocycles. The van der Waals surface area contributed by atoms with Crippen LogP contribution in [0.3, 0.4) is 0 Å². The molecule has 92 valence electrons. The van der Waals surface area contributed by atoms with Crippen LogP contribution in [0.2, 0.25) is 0 Å². The second-order valence-electron chi connectivity index (χ2n) is 4.58. The summed E-state index contributed by atoms with van der Waals surface area (Å²) in [5.41, 5.74) is 8.47. The van der Waals surface area contributed by atoms with E-state index in [1.54, 1.807) is 38.2 Å². The minimum absolute atomic E-state index is 0.150. The van der Waals surface area contributed by atoms with E-state index in [0.717, 1.165) is 5.46 Å². The summed E-state index contributed by atoms with van der Waals surface area (Å²) in [6.07, 6.45) is 0. The molecule has 3 rings (SSSR count). The molecule has 0 radical (unpaired) electrons. The fourth-order valence-corrected chi connectivity index (χ4v) is 2.80. The maximum absolute atomic E-state index is 12.5. The van der Waals surface area contributed by atoms with Crippen molar-refractivity contribution in [3.8, 4) is 0 Å². The molecule has 19 heavy (non-hydrogen) atoms. The Labute approximate surface area is 116 Å². The monoisotopic (exact) mass is 267 g/mol. The van der Waals surface area contributed by atoms with E-state index in [2.05, 4.69) is 12.6 Å². The molecule has 2 aromatic rings. The minimum Gasteiger partial charge on any atom is -0.397 e. The number of benzene rings is 2. The van der Waals surface area contributed by atoms with Crippen molar-refractivity contribution in [3.05, 3.63) is 52.6 Å². The molecule has 1 aliphatic carbocycles. The van der Waals surface area contributed by atoms with Gasteiger partial charge in [0.1, 0.15) is 7.85 Å². The molecule has 0 amide bonds. The number of hydrogen-bond donors (Lipinski definition) is 2. The topological polar surface area (TPSA) is 60.2 Å². The maximum Gasteiger partial charge on any atom is 0.196 e. The third kappa shape index (κ3) is 1.55. The van der Waals surface area contributed by atoms with Gasteiger partial charge in [0.05, 0.1) is 11.3 Å². The number of hydrogen-bond acceptors (Lipinski definition) is 4. The van der Waals surface area contributed by atoms with Gasteiger partial charge >= 0.3 is 0 Å². The molecule has 0 saturated heterocycles. The predicted molar refractivity (Wildman–Crippen MR) is 79.6 cm³/mol. The van der Waals surface area contributed by atoms with E-state index >= 15 is 0 Å². The highest BCUT2D eigenvalue weighted by molar-refractivity contribution is 7.80. The van der Waals surface area contributed by atoms with Crippen molar-refractivity contribution in [1.82, 2.24) is 0 Å². The van der Waals surface area contributed by atoms with Gasteiger partial charge in [-0.05, 0) is 0 Å². The van der Waals surface area contributed by atoms with Gasteiger partial charge < -0.3 is 5.73 Å². The van der Waals surface area contributed by atoms with Crippen LogP contribution in [0.1, 0.15) is 31.8 Å². The number of ketones is 2. The zero-order valence-corrected chi connectivity index (χ0v) is 11.1. The van der Waals surface area contributed by atoms with Crippen LogP contribution in [-0.2, 0) is 0 Å². The summed E-state index contributed by atoms with van der Waals surface area (Å²) in [6.45, 7) is 0. The third-order valence-corrected chi connectivity index (χ3v) is 3.78. The van der Waals surface area contributed by atoms with Crippen LogP contribution in [0, 0.1) is 0 Å². The standard InChI is InChI=1S/C14H10BNO2S/c15-8-5-9(19)12(16)11-10(8)13(17)6-3-1-2-4-7(6)14(11)18/h1-5,19H,15-16H2. The first-order valence-corrected chi connectivity index (χ1v) is 6.27. The highest BCUT2D eigenvalue weighted by Gasteiger charge is 2.32. The second kappa shape index (κ2) is 4.00. The lowest BCUT2D eigenvalue weighted by molar-refractivity contribution is 0.0980. The van der Waals surface area contributed by atoms with E-state index in [0.29, 0.717) is 21.6 Å². The van der Waals surface area contributed by atoms with Crippen LogP contribution < -0.4 is 11.2 Å². The first-order valence-electron chi connectivity index (χ1n) is 5.83. The quantitative estimate of drug-likeness (QED) is 0.356. The number of anilines is 1. The summed E-state index contributed by atoms with van der Waals surface area (Å²) in [5.74, 6) is -0.357. The van der Waals surface area contributed by atoms with E-state index < -0.39 is 0 Å². The van der Waals surface area contributed by atoms with E-state index in [4.69, 9.17) is 5.73 Å². The van der Waals surface area contributed by atoms with Crippen molar-refractivity contribution >= 4 is 43.2 Å². The lowest BCUT2D eigenvalue weighted by atomic mass is 9.76. The highest BCUT2D eigenvalue weighted by Crippen LogP contribution is 2.32. The predicted octanol–water partition coefficient (Wildman–Crippen LogP) is 0.591. The average molecular weight is 267 g/mol. The Hall–Kier alpha value is -2.01. The molecule has 1 aliphatic rings. The largest absolute Gasteiger partial charge is 0.397 e. The summed E-state index contributed by atoms with van der Waals surface area (Å²) < 4.78 is 0. The number of carbonyl (C=O) groups is 2. The van der Waals surface area contributed by atoms with E-state index in [1.165, 1.54) is 0 Å². The van der Waals surface area contributed by atoms with Crippen molar-refractivity contribution in [2.75, 3.05) is 5.73 Å². The minimum atomic E-state index is -0.207. The van der Waals surface area contributed by atoms with Gasteiger partial charge in [-0.25, -0.2) is 0 Å². The lowest BCUT2D eigenvalue weighted by Crippen LogP contribution is -2.29. The lowest BCUT2D eigenvalue weighted by Gasteiger charge is -2.21. The number of carbonyl (C=O) groups excluding carboxylic acids is 2. The van der Waals surface area contributed by atoms with Gasteiger partial charge in [0.25, 0.3) is 0 Å². The van der Waals surface area contributed by atoms with Gasteiger partial charge in [0, 0.05) is 21.6 Å². The Kier molecular flexibility index (Phi) is 2.54. The molecule has 0 saturated carbocycles. The smallest absolute Gasteiger partial charge is 0.196 e. The van der Waals surface area contributed by atoms with Gasteiger partial charge in [-0.1, -0.05) is 35.8 Å². The zero-order chi connectivity index (χ0) is 13.7. The summed E-state index contributed by atoms with van der Waals surface area (Å²) in [7, 11) is 1.79. The van der Waals surface area contributed by atoms with Gasteiger partial charge in [-0.3, -0.25) is 9.59 Å². The van der Waals surface area contributed by atoms with Crippen LogP contribution in [0.5, 0.6) is 0 Å². The molecule has 0 heterocycles. The van der Waals surface area contributed by atoms with Crippen LogP contribution >= 0.6 is 12.6 Å².